The summed E-state index contributed by atoms with van der Waals surface area (Å²) in [5.74, 6) is 0.163. The topological polar surface area (TPSA) is 58.6 Å². The van der Waals surface area contributed by atoms with Gasteiger partial charge in [0.05, 0.1) is 7.11 Å². The molecule has 2 aromatic carbocycles. The fourth-order valence-electron chi connectivity index (χ4n) is 3.08. The number of methoxy groups -OCH3 is 1. The van der Waals surface area contributed by atoms with Crippen LogP contribution in [0, 0.1) is 5.82 Å². The first-order valence-corrected chi connectivity index (χ1v) is 8.51. The first kappa shape index (κ1) is 17.9. The highest BCUT2D eigenvalue weighted by Gasteiger charge is 2.35. The molecule has 3 rings (SSSR count). The molecule has 0 aromatic heterocycles. The maximum atomic E-state index is 13.0. The molecule has 1 N–H and O–H groups in total. The second kappa shape index (κ2) is 7.99. The van der Waals surface area contributed by atoms with Gasteiger partial charge >= 0.3 is 0 Å². The Labute approximate surface area is 151 Å². The van der Waals surface area contributed by atoms with Crippen molar-refractivity contribution in [1.82, 2.24) is 10.2 Å². The lowest BCUT2D eigenvalue weighted by Crippen LogP contribution is -2.44. The normalized spacial score (nSPS) is 16.6. The van der Waals surface area contributed by atoms with Gasteiger partial charge in [0.2, 0.25) is 11.8 Å². The Kier molecular flexibility index (Phi) is 5.51. The molecule has 0 bridgehead atoms. The standard InChI is InChI=1S/C20H21FN2O3/c1-26-17-4-2-3-15(11-17)12-22-20(25)18-9-10-19(24)23(18)13-14-5-7-16(21)8-6-14/h2-8,11,18H,9-10,12-13H2,1H3,(H,22,25). The van der Waals surface area contributed by atoms with Gasteiger partial charge in [0.25, 0.3) is 0 Å². The smallest absolute Gasteiger partial charge is 0.243 e. The average Bonchev–Trinajstić information content (AvgIpc) is 3.02. The highest BCUT2D eigenvalue weighted by Crippen LogP contribution is 2.22. The summed E-state index contributed by atoms with van der Waals surface area (Å²) in [4.78, 5) is 26.3. The van der Waals surface area contributed by atoms with E-state index >= 15 is 0 Å². The van der Waals surface area contributed by atoms with E-state index in [4.69, 9.17) is 4.74 Å². The fourth-order valence-corrected chi connectivity index (χ4v) is 3.08. The number of rotatable bonds is 6. The third-order valence-electron chi connectivity index (χ3n) is 4.50. The van der Waals surface area contributed by atoms with E-state index in [-0.39, 0.29) is 17.6 Å². The molecule has 0 radical (unpaired) electrons. The molecule has 1 saturated heterocycles. The summed E-state index contributed by atoms with van der Waals surface area (Å²) in [7, 11) is 1.59. The van der Waals surface area contributed by atoms with E-state index in [0.29, 0.717) is 25.9 Å². The van der Waals surface area contributed by atoms with E-state index in [9.17, 15) is 14.0 Å². The number of hydrogen-bond acceptors (Lipinski definition) is 3. The lowest BCUT2D eigenvalue weighted by molar-refractivity contribution is -0.135. The average molecular weight is 356 g/mol. The lowest BCUT2D eigenvalue weighted by Gasteiger charge is -2.24. The van der Waals surface area contributed by atoms with Gasteiger partial charge < -0.3 is 15.0 Å². The van der Waals surface area contributed by atoms with E-state index in [0.717, 1.165) is 16.9 Å². The highest BCUT2D eigenvalue weighted by molar-refractivity contribution is 5.90. The third-order valence-corrected chi connectivity index (χ3v) is 4.50. The van der Waals surface area contributed by atoms with Crippen molar-refractivity contribution in [3.63, 3.8) is 0 Å². The Morgan fingerprint density at radius 1 is 1.23 bits per heavy atom. The minimum Gasteiger partial charge on any atom is -0.497 e. The van der Waals surface area contributed by atoms with Gasteiger partial charge in [-0.05, 0) is 41.8 Å². The maximum Gasteiger partial charge on any atom is 0.243 e. The summed E-state index contributed by atoms with van der Waals surface area (Å²) < 4.78 is 18.2. The molecule has 26 heavy (non-hydrogen) atoms. The molecule has 1 unspecified atom stereocenters. The van der Waals surface area contributed by atoms with Crippen molar-refractivity contribution < 1.29 is 18.7 Å². The van der Waals surface area contributed by atoms with E-state index < -0.39 is 6.04 Å². The SMILES string of the molecule is COc1cccc(CNC(=O)C2CCC(=O)N2Cc2ccc(F)cc2)c1. The molecule has 0 saturated carbocycles. The van der Waals surface area contributed by atoms with Crippen LogP contribution in [0.3, 0.4) is 0 Å². The zero-order valence-corrected chi connectivity index (χ0v) is 14.6. The Morgan fingerprint density at radius 3 is 2.73 bits per heavy atom. The number of nitrogens with one attached hydrogen (secondary N) is 1. The molecule has 5 nitrogen and oxygen atoms in total. The Hall–Kier alpha value is -2.89. The molecular weight excluding hydrogens is 335 g/mol. The van der Waals surface area contributed by atoms with Crippen molar-refractivity contribution in [2.75, 3.05) is 7.11 Å². The number of amides is 2. The van der Waals surface area contributed by atoms with Gasteiger partial charge in [0, 0.05) is 19.5 Å². The summed E-state index contributed by atoms with van der Waals surface area (Å²) in [6, 6.07) is 12.9. The number of carbonyl (C=O) groups excluding carboxylic acids is 2. The molecule has 0 spiro atoms. The van der Waals surface area contributed by atoms with Crippen LogP contribution in [-0.4, -0.2) is 29.9 Å². The van der Waals surface area contributed by atoms with Gasteiger partial charge in [-0.15, -0.1) is 0 Å². The Bertz CT molecular complexity index is 792. The monoisotopic (exact) mass is 356 g/mol. The number of ether oxygens (including phenoxy) is 1. The largest absolute Gasteiger partial charge is 0.497 e. The van der Waals surface area contributed by atoms with Crippen molar-refractivity contribution in [2.24, 2.45) is 0 Å². The zero-order chi connectivity index (χ0) is 18.5. The van der Waals surface area contributed by atoms with Crippen LogP contribution in [0.4, 0.5) is 4.39 Å². The first-order chi connectivity index (χ1) is 12.6. The number of halogens is 1. The molecule has 0 aliphatic carbocycles. The fraction of sp³-hybridized carbons (Fsp3) is 0.300. The van der Waals surface area contributed by atoms with Gasteiger partial charge in [0.1, 0.15) is 17.6 Å². The molecule has 1 aliphatic heterocycles. The quantitative estimate of drug-likeness (QED) is 0.866. The molecule has 1 heterocycles. The summed E-state index contributed by atoms with van der Waals surface area (Å²) in [6.45, 7) is 0.668. The molecule has 1 aliphatic rings. The molecule has 2 amide bonds. The third kappa shape index (κ3) is 4.20. The minimum atomic E-state index is -0.502. The van der Waals surface area contributed by atoms with E-state index in [1.54, 1.807) is 24.1 Å². The molecule has 2 aromatic rings. The van der Waals surface area contributed by atoms with Gasteiger partial charge in [0.15, 0.2) is 0 Å². The number of benzene rings is 2. The zero-order valence-electron chi connectivity index (χ0n) is 14.6. The summed E-state index contributed by atoms with van der Waals surface area (Å²) in [5.41, 5.74) is 1.72. The summed E-state index contributed by atoms with van der Waals surface area (Å²) in [5, 5.41) is 2.89. The van der Waals surface area contributed by atoms with Gasteiger partial charge in [-0.25, -0.2) is 4.39 Å². The highest BCUT2D eigenvalue weighted by atomic mass is 19.1. The second-order valence-electron chi connectivity index (χ2n) is 6.27. The van der Waals surface area contributed by atoms with Crippen molar-refractivity contribution in [3.05, 3.63) is 65.5 Å². The van der Waals surface area contributed by atoms with Gasteiger partial charge in [-0.3, -0.25) is 9.59 Å². The first-order valence-electron chi connectivity index (χ1n) is 8.51. The van der Waals surface area contributed by atoms with Crippen molar-refractivity contribution >= 4 is 11.8 Å². The second-order valence-corrected chi connectivity index (χ2v) is 6.27. The van der Waals surface area contributed by atoms with Crippen LogP contribution in [-0.2, 0) is 22.7 Å². The predicted molar refractivity (Wildman–Crippen MR) is 94.8 cm³/mol. The number of carbonyl (C=O) groups is 2. The summed E-state index contributed by atoms with van der Waals surface area (Å²) >= 11 is 0. The molecule has 1 fully saturated rings. The van der Waals surface area contributed by atoms with Crippen LogP contribution < -0.4 is 10.1 Å². The van der Waals surface area contributed by atoms with Crippen molar-refractivity contribution in [1.29, 1.82) is 0 Å². The number of likely N-dealkylation sites (tertiary alicyclic amines) is 1. The summed E-state index contributed by atoms with van der Waals surface area (Å²) in [6.07, 6.45) is 0.836. The van der Waals surface area contributed by atoms with Crippen LogP contribution in [0.5, 0.6) is 5.75 Å². The van der Waals surface area contributed by atoms with E-state index in [2.05, 4.69) is 5.32 Å². The number of hydrogen-bond donors (Lipinski definition) is 1. The molecule has 1 atom stereocenters. The minimum absolute atomic E-state index is 0.0594. The van der Waals surface area contributed by atoms with Crippen molar-refractivity contribution in [3.8, 4) is 5.75 Å². The molecule has 136 valence electrons. The van der Waals surface area contributed by atoms with E-state index in [1.807, 2.05) is 24.3 Å². The molecular formula is C20H21FN2O3. The van der Waals surface area contributed by atoms with Gasteiger partial charge in [-0.1, -0.05) is 24.3 Å². The Morgan fingerprint density at radius 2 is 2.00 bits per heavy atom. The van der Waals surface area contributed by atoms with Crippen LogP contribution >= 0.6 is 0 Å². The van der Waals surface area contributed by atoms with Crippen LogP contribution in [0.15, 0.2) is 48.5 Å². The van der Waals surface area contributed by atoms with Gasteiger partial charge in [-0.2, -0.15) is 0 Å². The predicted octanol–water partition coefficient (Wildman–Crippen LogP) is 2.64. The lowest BCUT2D eigenvalue weighted by atomic mass is 10.1. The maximum absolute atomic E-state index is 13.0. The van der Waals surface area contributed by atoms with Crippen LogP contribution in [0.2, 0.25) is 0 Å². The van der Waals surface area contributed by atoms with E-state index in [1.165, 1.54) is 12.1 Å². The van der Waals surface area contributed by atoms with Crippen LogP contribution in [0.1, 0.15) is 24.0 Å². The van der Waals surface area contributed by atoms with Crippen molar-refractivity contribution in [2.45, 2.75) is 32.0 Å². The Balaban J connectivity index is 1.63. The number of nitrogens with zero attached hydrogens (tertiary/aromatic N) is 1. The molecule has 6 heteroatoms. The van der Waals surface area contributed by atoms with Crippen LogP contribution in [0.25, 0.3) is 0 Å².